The highest BCUT2D eigenvalue weighted by Gasteiger charge is 2.45. The Labute approximate surface area is 122 Å². The van der Waals surface area contributed by atoms with E-state index in [4.69, 9.17) is 18.9 Å². The van der Waals surface area contributed by atoms with Crippen molar-refractivity contribution in [3.63, 3.8) is 0 Å². The van der Waals surface area contributed by atoms with Gasteiger partial charge < -0.3 is 24.3 Å². The lowest BCUT2D eigenvalue weighted by atomic mass is 9.87. The van der Waals surface area contributed by atoms with Crippen LogP contribution in [0.2, 0.25) is 0 Å². The molecule has 0 radical (unpaired) electrons. The number of hydrogen-bond acceptors (Lipinski definition) is 5. The summed E-state index contributed by atoms with van der Waals surface area (Å²) in [6, 6.07) is 0.364. The molecule has 1 N–H and O–H groups in total. The molecule has 2 aliphatic rings. The fourth-order valence-electron chi connectivity index (χ4n) is 2.92. The van der Waals surface area contributed by atoms with E-state index in [1.165, 1.54) is 0 Å². The van der Waals surface area contributed by atoms with Crippen LogP contribution in [-0.2, 0) is 18.9 Å². The fourth-order valence-corrected chi connectivity index (χ4v) is 2.92. The molecule has 118 valence electrons. The van der Waals surface area contributed by atoms with Crippen LogP contribution in [0.15, 0.2) is 0 Å². The normalized spacial score (nSPS) is 30.0. The molecule has 2 fully saturated rings. The summed E-state index contributed by atoms with van der Waals surface area (Å²) in [5, 5.41) is 3.34. The van der Waals surface area contributed by atoms with E-state index in [0.717, 1.165) is 19.3 Å². The fraction of sp³-hybridized carbons (Fsp3) is 1.00. The number of nitrogens with one attached hydrogen (secondary N) is 1. The van der Waals surface area contributed by atoms with Gasteiger partial charge in [-0.3, -0.25) is 0 Å². The smallest absolute Gasteiger partial charge is 0.171 e. The van der Waals surface area contributed by atoms with E-state index in [1.807, 2.05) is 7.05 Å². The molecule has 5 nitrogen and oxygen atoms in total. The summed E-state index contributed by atoms with van der Waals surface area (Å²) in [5.74, 6) is -0.400. The Balaban J connectivity index is 1.80. The lowest BCUT2D eigenvalue weighted by Crippen LogP contribution is -2.51. The van der Waals surface area contributed by atoms with Gasteiger partial charge in [0.15, 0.2) is 5.79 Å². The van der Waals surface area contributed by atoms with Crippen molar-refractivity contribution in [3.8, 4) is 0 Å². The van der Waals surface area contributed by atoms with Crippen LogP contribution in [-0.4, -0.2) is 57.0 Å². The summed E-state index contributed by atoms with van der Waals surface area (Å²) in [6.07, 6.45) is 2.88. The summed E-state index contributed by atoms with van der Waals surface area (Å²) in [6.45, 7) is 8.78. The van der Waals surface area contributed by atoms with Crippen LogP contribution in [0.1, 0.15) is 40.0 Å². The van der Waals surface area contributed by atoms with Crippen molar-refractivity contribution in [1.82, 2.24) is 5.32 Å². The maximum atomic E-state index is 6.02. The van der Waals surface area contributed by atoms with Crippen molar-refractivity contribution in [2.75, 3.05) is 33.5 Å². The van der Waals surface area contributed by atoms with Gasteiger partial charge >= 0.3 is 0 Å². The highest BCUT2D eigenvalue weighted by Crippen LogP contribution is 2.37. The van der Waals surface area contributed by atoms with Crippen LogP contribution in [0.5, 0.6) is 0 Å². The highest BCUT2D eigenvalue weighted by atomic mass is 16.7. The second kappa shape index (κ2) is 6.71. The Morgan fingerprint density at radius 1 is 1.20 bits per heavy atom. The third kappa shape index (κ3) is 4.40. The van der Waals surface area contributed by atoms with Crippen molar-refractivity contribution < 1.29 is 18.9 Å². The summed E-state index contributed by atoms with van der Waals surface area (Å²) >= 11 is 0. The minimum absolute atomic E-state index is 0.114. The van der Waals surface area contributed by atoms with E-state index in [2.05, 4.69) is 26.1 Å². The molecule has 0 aromatic rings. The van der Waals surface area contributed by atoms with Crippen LogP contribution < -0.4 is 5.32 Å². The first-order valence-electron chi connectivity index (χ1n) is 7.65. The monoisotopic (exact) mass is 287 g/mol. The quantitative estimate of drug-likeness (QED) is 0.780. The summed E-state index contributed by atoms with van der Waals surface area (Å²) in [4.78, 5) is 0. The Kier molecular flexibility index (Phi) is 5.42. The first-order chi connectivity index (χ1) is 9.44. The van der Waals surface area contributed by atoms with Gasteiger partial charge in [0, 0.05) is 18.9 Å². The maximum Gasteiger partial charge on any atom is 0.171 e. The molecule has 20 heavy (non-hydrogen) atoms. The average molecular weight is 287 g/mol. The minimum atomic E-state index is -0.400. The van der Waals surface area contributed by atoms with Crippen LogP contribution in [0.25, 0.3) is 0 Å². The molecule has 1 aliphatic heterocycles. The standard InChI is InChI=1S/C15H29NO4/c1-14(2,3)18-8-7-17-13-11-15(19-9-10-20-15)6-5-12(13)16-4/h12-13,16H,5-11H2,1-4H3. The van der Waals surface area contributed by atoms with Gasteiger partial charge in [-0.05, 0) is 34.2 Å². The molecule has 1 heterocycles. The second-order valence-electron chi connectivity index (χ2n) is 6.62. The van der Waals surface area contributed by atoms with E-state index in [0.29, 0.717) is 32.5 Å². The summed E-state index contributed by atoms with van der Waals surface area (Å²) in [7, 11) is 1.99. The van der Waals surface area contributed by atoms with Crippen molar-refractivity contribution in [2.45, 2.75) is 63.6 Å². The SMILES string of the molecule is CNC1CCC2(CC1OCCOC(C)(C)C)OCCO2. The third-order valence-electron chi connectivity index (χ3n) is 3.93. The highest BCUT2D eigenvalue weighted by molar-refractivity contribution is 4.91. The Bertz CT molecular complexity index is 297. The number of rotatable bonds is 5. The van der Waals surface area contributed by atoms with Gasteiger partial charge in [0.2, 0.25) is 0 Å². The number of likely N-dealkylation sites (N-methyl/N-ethyl adjacent to an activating group) is 1. The van der Waals surface area contributed by atoms with Crippen LogP contribution in [0.3, 0.4) is 0 Å². The van der Waals surface area contributed by atoms with Crippen molar-refractivity contribution in [3.05, 3.63) is 0 Å². The Morgan fingerprint density at radius 3 is 2.50 bits per heavy atom. The Hall–Kier alpha value is -0.200. The van der Waals surface area contributed by atoms with E-state index >= 15 is 0 Å². The van der Waals surface area contributed by atoms with Crippen LogP contribution in [0, 0.1) is 0 Å². The first kappa shape index (κ1) is 16.2. The lowest BCUT2D eigenvalue weighted by Gasteiger charge is -2.40. The molecule has 0 aromatic carbocycles. The van der Waals surface area contributed by atoms with Gasteiger partial charge in [-0.1, -0.05) is 0 Å². The second-order valence-corrected chi connectivity index (χ2v) is 6.62. The molecule has 1 aliphatic carbocycles. The average Bonchev–Trinajstić information content (AvgIpc) is 2.82. The molecular weight excluding hydrogens is 258 g/mol. The van der Waals surface area contributed by atoms with Crippen LogP contribution >= 0.6 is 0 Å². The Morgan fingerprint density at radius 2 is 1.90 bits per heavy atom. The molecule has 0 bridgehead atoms. The topological polar surface area (TPSA) is 49.0 Å². The van der Waals surface area contributed by atoms with E-state index in [1.54, 1.807) is 0 Å². The molecule has 0 aromatic heterocycles. The molecule has 2 rings (SSSR count). The predicted octanol–water partition coefficient (Wildman–Crippen LogP) is 1.70. The summed E-state index contributed by atoms with van der Waals surface area (Å²) in [5.41, 5.74) is -0.114. The zero-order valence-electron chi connectivity index (χ0n) is 13.2. The molecule has 1 saturated carbocycles. The van der Waals surface area contributed by atoms with Crippen molar-refractivity contribution in [1.29, 1.82) is 0 Å². The summed E-state index contributed by atoms with van der Waals surface area (Å²) < 4.78 is 23.3. The number of hydrogen-bond donors (Lipinski definition) is 1. The van der Waals surface area contributed by atoms with E-state index in [9.17, 15) is 0 Å². The molecular formula is C15H29NO4. The first-order valence-corrected chi connectivity index (χ1v) is 7.65. The molecule has 0 amide bonds. The van der Waals surface area contributed by atoms with Gasteiger partial charge in [-0.15, -0.1) is 0 Å². The van der Waals surface area contributed by atoms with Crippen molar-refractivity contribution >= 4 is 0 Å². The van der Waals surface area contributed by atoms with E-state index in [-0.39, 0.29) is 11.7 Å². The van der Waals surface area contributed by atoms with Gasteiger partial charge in [0.05, 0.1) is 38.1 Å². The van der Waals surface area contributed by atoms with Gasteiger partial charge in [0.25, 0.3) is 0 Å². The van der Waals surface area contributed by atoms with Crippen LogP contribution in [0.4, 0.5) is 0 Å². The molecule has 2 atom stereocenters. The largest absolute Gasteiger partial charge is 0.374 e. The van der Waals surface area contributed by atoms with Gasteiger partial charge in [0.1, 0.15) is 0 Å². The van der Waals surface area contributed by atoms with Gasteiger partial charge in [-0.2, -0.15) is 0 Å². The van der Waals surface area contributed by atoms with E-state index < -0.39 is 5.79 Å². The maximum absolute atomic E-state index is 6.02. The molecule has 5 heteroatoms. The predicted molar refractivity (Wildman–Crippen MR) is 76.8 cm³/mol. The van der Waals surface area contributed by atoms with Gasteiger partial charge in [-0.25, -0.2) is 0 Å². The molecule has 2 unspecified atom stereocenters. The molecule has 1 saturated heterocycles. The molecule has 1 spiro atoms. The zero-order valence-corrected chi connectivity index (χ0v) is 13.2. The lowest BCUT2D eigenvalue weighted by molar-refractivity contribution is -0.208. The van der Waals surface area contributed by atoms with Crippen molar-refractivity contribution in [2.24, 2.45) is 0 Å². The zero-order chi connectivity index (χ0) is 14.6. The number of ether oxygens (including phenoxy) is 4. The minimum Gasteiger partial charge on any atom is -0.374 e. The third-order valence-corrected chi connectivity index (χ3v) is 3.93.